The van der Waals surface area contributed by atoms with Crippen molar-refractivity contribution >= 4 is 17.9 Å². The van der Waals surface area contributed by atoms with E-state index in [0.29, 0.717) is 5.88 Å². The molecule has 3 rings (SSSR count). The van der Waals surface area contributed by atoms with Gasteiger partial charge in [0.1, 0.15) is 0 Å². The smallest absolute Gasteiger partial charge is 0.229 e. The first kappa shape index (κ1) is 9.89. The molecule has 2 N–H and O–H groups in total. The third kappa shape index (κ3) is 1.75. The lowest BCUT2D eigenvalue weighted by molar-refractivity contribution is 0.436. The number of hydrogen-bond acceptors (Lipinski definition) is 5. The summed E-state index contributed by atoms with van der Waals surface area (Å²) in [6, 6.07) is 8.09. The number of anilines is 2. The van der Waals surface area contributed by atoms with Crippen LogP contribution in [0.1, 0.15) is 0 Å². The Bertz CT molecular complexity index is 544. The zero-order valence-electron chi connectivity index (χ0n) is 9.21. The molecule has 0 amide bonds. The number of aromatic nitrogens is 1. The van der Waals surface area contributed by atoms with Gasteiger partial charge in [-0.15, -0.1) is 0 Å². The Balaban J connectivity index is 1.90. The fourth-order valence-corrected chi connectivity index (χ4v) is 1.87. The molecule has 0 bridgehead atoms. The minimum absolute atomic E-state index is 0.348. The van der Waals surface area contributed by atoms with Crippen LogP contribution in [0.3, 0.4) is 0 Å². The molecular formula is C12H12N4O. The fraction of sp³-hybridized carbons (Fsp3) is 0.167. The quantitative estimate of drug-likeness (QED) is 0.850. The van der Waals surface area contributed by atoms with Gasteiger partial charge < -0.3 is 15.2 Å². The average molecular weight is 228 g/mol. The molecule has 2 aromatic rings. The summed E-state index contributed by atoms with van der Waals surface area (Å²) in [6.45, 7) is 1.80. The molecule has 0 aliphatic carbocycles. The summed E-state index contributed by atoms with van der Waals surface area (Å²) in [7, 11) is 0. The van der Waals surface area contributed by atoms with Crippen molar-refractivity contribution in [3.8, 4) is 11.1 Å². The third-order valence-electron chi connectivity index (χ3n) is 2.80. The second kappa shape index (κ2) is 3.93. The van der Waals surface area contributed by atoms with Gasteiger partial charge in [0.05, 0.1) is 24.6 Å². The molecule has 1 aliphatic rings. The Hall–Kier alpha value is -2.30. The maximum atomic E-state index is 5.67. The highest BCUT2D eigenvalue weighted by Gasteiger charge is 2.10. The minimum atomic E-state index is 0.348. The van der Waals surface area contributed by atoms with E-state index in [1.54, 1.807) is 6.20 Å². The number of nitrogens with two attached hydrogens (primary N) is 1. The van der Waals surface area contributed by atoms with Crippen LogP contribution in [0.4, 0.5) is 11.6 Å². The van der Waals surface area contributed by atoms with Gasteiger partial charge in [-0.05, 0) is 17.7 Å². The van der Waals surface area contributed by atoms with Gasteiger partial charge in [0, 0.05) is 12.2 Å². The first-order valence-corrected chi connectivity index (χ1v) is 5.42. The molecule has 1 aliphatic heterocycles. The lowest BCUT2D eigenvalue weighted by Gasteiger charge is -2.13. The van der Waals surface area contributed by atoms with E-state index in [9.17, 15) is 0 Å². The number of hydrogen-bond donors (Lipinski definition) is 1. The summed E-state index contributed by atoms with van der Waals surface area (Å²) in [5.41, 5.74) is 8.63. The second-order valence-corrected chi connectivity index (χ2v) is 3.87. The first-order valence-electron chi connectivity index (χ1n) is 5.42. The zero-order valence-corrected chi connectivity index (χ0v) is 9.21. The van der Waals surface area contributed by atoms with Crippen LogP contribution in [0.15, 0.2) is 40.0 Å². The molecule has 0 fully saturated rings. The van der Waals surface area contributed by atoms with Gasteiger partial charge in [-0.25, -0.2) is 0 Å². The Morgan fingerprint density at radius 1 is 1.24 bits per heavy atom. The topological polar surface area (TPSA) is 67.7 Å². The van der Waals surface area contributed by atoms with Crippen molar-refractivity contribution in [3.63, 3.8) is 0 Å². The standard InChI is InChI=1S/C12H12N4O/c13-12-11(7-15-17-12)9-1-3-10(4-2-9)16-6-5-14-8-16/h1-4,7-8H,5-6,13H2. The minimum Gasteiger partial charge on any atom is -0.367 e. The molecular weight excluding hydrogens is 216 g/mol. The monoisotopic (exact) mass is 228 g/mol. The number of nitrogen functional groups attached to an aromatic ring is 1. The molecule has 0 saturated heterocycles. The van der Waals surface area contributed by atoms with E-state index < -0.39 is 0 Å². The molecule has 86 valence electrons. The van der Waals surface area contributed by atoms with Crippen molar-refractivity contribution in [2.75, 3.05) is 23.7 Å². The summed E-state index contributed by atoms with van der Waals surface area (Å²) >= 11 is 0. The van der Waals surface area contributed by atoms with Gasteiger partial charge in [-0.2, -0.15) is 0 Å². The Kier molecular flexibility index (Phi) is 2.29. The fourth-order valence-electron chi connectivity index (χ4n) is 1.87. The van der Waals surface area contributed by atoms with Crippen LogP contribution in [0.25, 0.3) is 11.1 Å². The number of aliphatic imine (C=N–C) groups is 1. The maximum Gasteiger partial charge on any atom is 0.229 e. The highest BCUT2D eigenvalue weighted by molar-refractivity contribution is 5.82. The molecule has 1 aromatic heterocycles. The molecule has 17 heavy (non-hydrogen) atoms. The lowest BCUT2D eigenvalue weighted by atomic mass is 10.1. The van der Waals surface area contributed by atoms with E-state index in [-0.39, 0.29) is 0 Å². The van der Waals surface area contributed by atoms with E-state index in [2.05, 4.69) is 15.0 Å². The van der Waals surface area contributed by atoms with E-state index in [1.165, 1.54) is 0 Å². The van der Waals surface area contributed by atoms with Crippen LogP contribution in [0.5, 0.6) is 0 Å². The van der Waals surface area contributed by atoms with Crippen molar-refractivity contribution in [2.45, 2.75) is 0 Å². The van der Waals surface area contributed by atoms with Crippen LogP contribution in [0.2, 0.25) is 0 Å². The molecule has 0 radical (unpaired) electrons. The predicted molar refractivity (Wildman–Crippen MR) is 67.1 cm³/mol. The van der Waals surface area contributed by atoms with E-state index in [1.807, 2.05) is 30.6 Å². The molecule has 0 atom stereocenters. The van der Waals surface area contributed by atoms with Crippen LogP contribution >= 0.6 is 0 Å². The Labute approximate surface area is 98.5 Å². The van der Waals surface area contributed by atoms with Crippen molar-refractivity contribution in [1.29, 1.82) is 0 Å². The van der Waals surface area contributed by atoms with Crippen molar-refractivity contribution in [1.82, 2.24) is 5.16 Å². The lowest BCUT2D eigenvalue weighted by Crippen LogP contribution is -2.17. The molecule has 0 unspecified atom stereocenters. The average Bonchev–Trinajstić information content (AvgIpc) is 3.00. The largest absolute Gasteiger partial charge is 0.367 e. The highest BCUT2D eigenvalue weighted by Crippen LogP contribution is 2.27. The molecule has 0 spiro atoms. The SMILES string of the molecule is Nc1oncc1-c1ccc(N2C=NCC2)cc1. The Morgan fingerprint density at radius 3 is 2.65 bits per heavy atom. The van der Waals surface area contributed by atoms with Crippen molar-refractivity contribution < 1.29 is 4.52 Å². The summed E-state index contributed by atoms with van der Waals surface area (Å²) in [6.07, 6.45) is 3.49. The van der Waals surface area contributed by atoms with Crippen molar-refractivity contribution in [3.05, 3.63) is 30.5 Å². The van der Waals surface area contributed by atoms with Gasteiger partial charge in [0.25, 0.3) is 0 Å². The molecule has 0 saturated carbocycles. The van der Waals surface area contributed by atoms with Gasteiger partial charge in [0.15, 0.2) is 0 Å². The van der Waals surface area contributed by atoms with E-state index in [4.69, 9.17) is 10.3 Å². The van der Waals surface area contributed by atoms with Gasteiger partial charge in [0.2, 0.25) is 5.88 Å². The number of nitrogens with zero attached hydrogens (tertiary/aromatic N) is 3. The van der Waals surface area contributed by atoms with Crippen LogP contribution in [0, 0.1) is 0 Å². The van der Waals surface area contributed by atoms with Gasteiger partial charge >= 0.3 is 0 Å². The van der Waals surface area contributed by atoms with Crippen LogP contribution < -0.4 is 10.6 Å². The molecule has 1 aromatic carbocycles. The maximum absolute atomic E-state index is 5.67. The van der Waals surface area contributed by atoms with Crippen LogP contribution in [-0.4, -0.2) is 24.6 Å². The number of benzene rings is 1. The molecule has 5 nitrogen and oxygen atoms in total. The van der Waals surface area contributed by atoms with E-state index in [0.717, 1.165) is 29.9 Å². The molecule has 5 heteroatoms. The first-order chi connectivity index (χ1) is 8.34. The normalized spacial score (nSPS) is 14.5. The second-order valence-electron chi connectivity index (χ2n) is 3.87. The van der Waals surface area contributed by atoms with Gasteiger partial charge in [-0.3, -0.25) is 4.99 Å². The summed E-state index contributed by atoms with van der Waals surface area (Å²) in [5.74, 6) is 0.348. The molecule has 2 heterocycles. The van der Waals surface area contributed by atoms with Gasteiger partial charge in [-0.1, -0.05) is 17.3 Å². The van der Waals surface area contributed by atoms with Crippen LogP contribution in [-0.2, 0) is 0 Å². The van der Waals surface area contributed by atoms with E-state index >= 15 is 0 Å². The predicted octanol–water partition coefficient (Wildman–Crippen LogP) is 1.77. The highest BCUT2D eigenvalue weighted by atomic mass is 16.5. The zero-order chi connectivity index (χ0) is 11.7. The summed E-state index contributed by atoms with van der Waals surface area (Å²) in [4.78, 5) is 6.30. The third-order valence-corrected chi connectivity index (χ3v) is 2.80. The summed E-state index contributed by atoms with van der Waals surface area (Å²) in [5, 5.41) is 3.67. The number of rotatable bonds is 2. The Morgan fingerprint density at radius 2 is 2.06 bits per heavy atom. The summed E-state index contributed by atoms with van der Waals surface area (Å²) < 4.78 is 4.85. The van der Waals surface area contributed by atoms with Crippen molar-refractivity contribution in [2.24, 2.45) is 4.99 Å².